The van der Waals surface area contributed by atoms with E-state index in [1.54, 1.807) is 73.8 Å². The highest BCUT2D eigenvalue weighted by Gasteiger charge is 2.15. The van der Waals surface area contributed by atoms with E-state index in [0.29, 0.717) is 28.3 Å². The van der Waals surface area contributed by atoms with Crippen LogP contribution < -0.4 is 15.4 Å². The van der Waals surface area contributed by atoms with Crippen molar-refractivity contribution in [2.24, 2.45) is 0 Å². The van der Waals surface area contributed by atoms with Crippen LogP contribution in [-0.2, 0) is 11.2 Å². The molecule has 2 amide bonds. The third-order valence-electron chi connectivity index (χ3n) is 4.32. The van der Waals surface area contributed by atoms with Crippen LogP contribution in [0.3, 0.4) is 0 Å². The van der Waals surface area contributed by atoms with E-state index in [0.717, 1.165) is 0 Å². The van der Waals surface area contributed by atoms with Crippen LogP contribution in [0, 0.1) is 10.1 Å². The van der Waals surface area contributed by atoms with Crippen LogP contribution in [0.15, 0.2) is 72.8 Å². The third-order valence-corrected chi connectivity index (χ3v) is 4.32. The van der Waals surface area contributed by atoms with E-state index in [4.69, 9.17) is 4.74 Å². The quantitative estimate of drug-likeness (QED) is 0.455. The zero-order valence-corrected chi connectivity index (χ0v) is 16.1. The fourth-order valence-electron chi connectivity index (χ4n) is 2.80. The molecule has 2 N–H and O–H groups in total. The first-order valence-electron chi connectivity index (χ1n) is 9.04. The van der Waals surface area contributed by atoms with Gasteiger partial charge in [0.1, 0.15) is 5.75 Å². The molecular weight excluding hydrogens is 386 g/mol. The lowest BCUT2D eigenvalue weighted by atomic mass is 10.1. The maximum absolute atomic E-state index is 12.4. The molecule has 0 radical (unpaired) electrons. The van der Waals surface area contributed by atoms with E-state index in [2.05, 4.69) is 10.6 Å². The van der Waals surface area contributed by atoms with Crippen molar-refractivity contribution >= 4 is 28.9 Å². The molecule has 0 aliphatic carbocycles. The van der Waals surface area contributed by atoms with E-state index in [9.17, 15) is 19.7 Å². The number of nitrogens with zero attached hydrogens (tertiary/aromatic N) is 1. The van der Waals surface area contributed by atoms with Gasteiger partial charge in [-0.2, -0.15) is 0 Å². The number of nitrogens with one attached hydrogen (secondary N) is 2. The highest BCUT2D eigenvalue weighted by molar-refractivity contribution is 6.04. The van der Waals surface area contributed by atoms with Gasteiger partial charge in [-0.25, -0.2) is 0 Å². The molecule has 0 unspecified atom stereocenters. The lowest BCUT2D eigenvalue weighted by molar-refractivity contribution is -0.385. The fourth-order valence-corrected chi connectivity index (χ4v) is 2.80. The average molecular weight is 405 g/mol. The van der Waals surface area contributed by atoms with Crippen LogP contribution in [0.2, 0.25) is 0 Å². The van der Waals surface area contributed by atoms with Crippen LogP contribution in [0.25, 0.3) is 0 Å². The lowest BCUT2D eigenvalue weighted by Gasteiger charge is -2.08. The summed E-state index contributed by atoms with van der Waals surface area (Å²) in [5, 5.41) is 16.5. The van der Waals surface area contributed by atoms with Gasteiger partial charge in [-0.05, 0) is 48.5 Å². The van der Waals surface area contributed by atoms with Crippen LogP contribution in [-0.4, -0.2) is 23.8 Å². The molecule has 0 spiro atoms. The van der Waals surface area contributed by atoms with Gasteiger partial charge in [0, 0.05) is 28.6 Å². The predicted octanol–water partition coefficient (Wildman–Crippen LogP) is 4.04. The number of rotatable bonds is 7. The van der Waals surface area contributed by atoms with Gasteiger partial charge in [0.2, 0.25) is 5.91 Å². The Bertz CT molecular complexity index is 1060. The topological polar surface area (TPSA) is 111 Å². The van der Waals surface area contributed by atoms with Gasteiger partial charge in [-0.3, -0.25) is 19.7 Å². The minimum atomic E-state index is -0.515. The Morgan fingerprint density at radius 3 is 2.13 bits per heavy atom. The highest BCUT2D eigenvalue weighted by atomic mass is 16.6. The molecular formula is C22H19N3O5. The molecule has 3 aromatic rings. The Morgan fingerprint density at radius 2 is 1.50 bits per heavy atom. The lowest BCUT2D eigenvalue weighted by Crippen LogP contribution is -2.16. The summed E-state index contributed by atoms with van der Waals surface area (Å²) < 4.78 is 5.08. The van der Waals surface area contributed by atoms with Crippen molar-refractivity contribution in [2.75, 3.05) is 17.7 Å². The summed E-state index contributed by atoms with van der Waals surface area (Å²) in [5.74, 6) is 0.00613. The summed E-state index contributed by atoms with van der Waals surface area (Å²) in [6, 6.07) is 19.4. The number of nitro groups is 1. The number of amides is 2. The summed E-state index contributed by atoms with van der Waals surface area (Å²) in [6.07, 6.45) is -0.128. The van der Waals surface area contributed by atoms with E-state index in [1.807, 2.05) is 0 Å². The minimum absolute atomic E-state index is 0.0989. The number of hydrogen-bond acceptors (Lipinski definition) is 5. The molecule has 8 nitrogen and oxygen atoms in total. The number of methoxy groups -OCH3 is 1. The number of nitro benzene ring substituents is 1. The van der Waals surface area contributed by atoms with E-state index in [1.165, 1.54) is 6.07 Å². The Kier molecular flexibility index (Phi) is 6.39. The van der Waals surface area contributed by atoms with Crippen molar-refractivity contribution in [1.82, 2.24) is 0 Å². The number of benzene rings is 3. The van der Waals surface area contributed by atoms with Crippen LogP contribution in [0.4, 0.5) is 17.1 Å². The van der Waals surface area contributed by atoms with Gasteiger partial charge in [0.05, 0.1) is 18.5 Å². The van der Waals surface area contributed by atoms with Gasteiger partial charge in [0.15, 0.2) is 0 Å². The summed E-state index contributed by atoms with van der Waals surface area (Å²) in [6.45, 7) is 0. The van der Waals surface area contributed by atoms with Crippen molar-refractivity contribution in [2.45, 2.75) is 6.42 Å². The molecule has 30 heavy (non-hydrogen) atoms. The molecule has 0 saturated heterocycles. The molecule has 3 rings (SSSR count). The Morgan fingerprint density at radius 1 is 0.900 bits per heavy atom. The minimum Gasteiger partial charge on any atom is -0.497 e. The summed E-state index contributed by atoms with van der Waals surface area (Å²) in [5.41, 5.74) is 1.76. The van der Waals surface area contributed by atoms with Gasteiger partial charge in [-0.15, -0.1) is 0 Å². The molecule has 0 bridgehead atoms. The monoisotopic (exact) mass is 405 g/mol. The van der Waals surface area contributed by atoms with E-state index < -0.39 is 4.92 Å². The van der Waals surface area contributed by atoms with Gasteiger partial charge >= 0.3 is 0 Å². The molecule has 0 saturated carbocycles. The normalized spacial score (nSPS) is 10.2. The Hall–Kier alpha value is -4.20. The number of anilines is 2. The molecule has 0 fully saturated rings. The van der Waals surface area contributed by atoms with E-state index in [-0.39, 0.29) is 23.9 Å². The molecule has 0 aliphatic rings. The number of carbonyl (C=O) groups is 2. The number of hydrogen-bond donors (Lipinski definition) is 2. The molecule has 0 aliphatic heterocycles. The van der Waals surface area contributed by atoms with Crippen LogP contribution in [0.5, 0.6) is 5.75 Å². The zero-order chi connectivity index (χ0) is 21.5. The van der Waals surface area contributed by atoms with Crippen molar-refractivity contribution in [1.29, 1.82) is 0 Å². The smallest absolute Gasteiger partial charge is 0.273 e. The van der Waals surface area contributed by atoms with Crippen LogP contribution in [0.1, 0.15) is 15.9 Å². The van der Waals surface area contributed by atoms with Gasteiger partial charge in [0.25, 0.3) is 11.6 Å². The number of carbonyl (C=O) groups excluding carboxylic acids is 2. The van der Waals surface area contributed by atoms with E-state index >= 15 is 0 Å². The van der Waals surface area contributed by atoms with Crippen LogP contribution >= 0.6 is 0 Å². The first kappa shape index (κ1) is 20.5. The Balaban J connectivity index is 1.60. The molecule has 3 aromatic carbocycles. The summed E-state index contributed by atoms with van der Waals surface area (Å²) >= 11 is 0. The summed E-state index contributed by atoms with van der Waals surface area (Å²) in [4.78, 5) is 35.1. The Labute approximate surface area is 172 Å². The second-order valence-electron chi connectivity index (χ2n) is 6.37. The first-order chi connectivity index (χ1) is 14.5. The third kappa shape index (κ3) is 5.20. The maximum Gasteiger partial charge on any atom is 0.273 e. The molecule has 0 heterocycles. The SMILES string of the molecule is COc1ccc(NC(=O)c2ccc(NC(=O)Cc3ccccc3[N+](=O)[O-])cc2)cc1. The largest absolute Gasteiger partial charge is 0.497 e. The molecule has 0 aromatic heterocycles. The molecule has 152 valence electrons. The summed E-state index contributed by atoms with van der Waals surface area (Å²) in [7, 11) is 1.56. The highest BCUT2D eigenvalue weighted by Crippen LogP contribution is 2.20. The first-order valence-corrected chi connectivity index (χ1v) is 9.04. The predicted molar refractivity (Wildman–Crippen MR) is 113 cm³/mol. The van der Waals surface area contributed by atoms with Gasteiger partial charge in [-0.1, -0.05) is 18.2 Å². The number of para-hydroxylation sites is 1. The fraction of sp³-hybridized carbons (Fsp3) is 0.0909. The zero-order valence-electron chi connectivity index (χ0n) is 16.1. The molecule has 0 atom stereocenters. The molecule has 8 heteroatoms. The van der Waals surface area contributed by atoms with Crippen molar-refractivity contribution in [3.8, 4) is 5.75 Å². The van der Waals surface area contributed by atoms with Gasteiger partial charge < -0.3 is 15.4 Å². The second kappa shape index (κ2) is 9.33. The van der Waals surface area contributed by atoms with Crippen molar-refractivity contribution < 1.29 is 19.2 Å². The van der Waals surface area contributed by atoms with Crippen molar-refractivity contribution in [3.63, 3.8) is 0 Å². The standard InChI is InChI=1S/C22H19N3O5/c1-30-19-12-10-18(11-13-19)24-22(27)15-6-8-17(9-7-15)23-21(26)14-16-4-2-3-5-20(16)25(28)29/h2-13H,14H2,1H3,(H,23,26)(H,24,27). The van der Waals surface area contributed by atoms with Crippen molar-refractivity contribution in [3.05, 3.63) is 94.0 Å². The maximum atomic E-state index is 12.4. The average Bonchev–Trinajstić information content (AvgIpc) is 2.75. The number of ether oxygens (including phenoxy) is 1. The second-order valence-corrected chi connectivity index (χ2v) is 6.37.